The van der Waals surface area contributed by atoms with Gasteiger partial charge in [-0.25, -0.2) is 4.98 Å². The summed E-state index contributed by atoms with van der Waals surface area (Å²) in [5.41, 5.74) is 0.455. The predicted molar refractivity (Wildman–Crippen MR) is 74.4 cm³/mol. The van der Waals surface area contributed by atoms with Crippen LogP contribution in [0.25, 0.3) is 0 Å². The first kappa shape index (κ1) is 15.5. The molecule has 1 aromatic heterocycles. The lowest BCUT2D eigenvalue weighted by atomic mass is 10.1. The lowest BCUT2D eigenvalue weighted by Gasteiger charge is -2.23. The zero-order valence-electron chi connectivity index (χ0n) is 11.3. The zero-order valence-corrected chi connectivity index (χ0v) is 12.1. The van der Waals surface area contributed by atoms with E-state index >= 15 is 0 Å². The summed E-state index contributed by atoms with van der Waals surface area (Å²) in [7, 11) is 0. The molecule has 0 unspecified atom stereocenters. The number of amides is 1. The van der Waals surface area contributed by atoms with Crippen molar-refractivity contribution in [3.63, 3.8) is 0 Å². The SMILES string of the molecule is CSc1ncccc1C(=O)N(CC(=O)O)CC(C)C. The second kappa shape index (κ2) is 7.13. The Morgan fingerprint density at radius 3 is 2.68 bits per heavy atom. The Labute approximate surface area is 117 Å². The number of hydrogen-bond donors (Lipinski definition) is 1. The lowest BCUT2D eigenvalue weighted by Crippen LogP contribution is -2.38. The molecular weight excluding hydrogens is 264 g/mol. The van der Waals surface area contributed by atoms with Crippen LogP contribution in [0.4, 0.5) is 0 Å². The van der Waals surface area contributed by atoms with Crippen LogP contribution in [-0.2, 0) is 4.79 Å². The predicted octanol–water partition coefficient (Wildman–Crippen LogP) is 1.99. The number of hydrogen-bond acceptors (Lipinski definition) is 4. The highest BCUT2D eigenvalue weighted by Gasteiger charge is 2.22. The molecule has 1 amide bonds. The molecule has 1 N–H and O–H groups in total. The summed E-state index contributed by atoms with van der Waals surface area (Å²) in [6.07, 6.45) is 3.45. The van der Waals surface area contributed by atoms with Gasteiger partial charge in [-0.15, -0.1) is 11.8 Å². The van der Waals surface area contributed by atoms with Gasteiger partial charge < -0.3 is 10.0 Å². The Morgan fingerprint density at radius 1 is 1.47 bits per heavy atom. The van der Waals surface area contributed by atoms with E-state index in [0.29, 0.717) is 17.1 Å². The van der Waals surface area contributed by atoms with Crippen molar-refractivity contribution in [2.45, 2.75) is 18.9 Å². The molecule has 104 valence electrons. The molecule has 19 heavy (non-hydrogen) atoms. The molecule has 0 fully saturated rings. The van der Waals surface area contributed by atoms with Gasteiger partial charge in [-0.1, -0.05) is 13.8 Å². The number of aromatic nitrogens is 1. The lowest BCUT2D eigenvalue weighted by molar-refractivity contribution is -0.137. The summed E-state index contributed by atoms with van der Waals surface area (Å²) >= 11 is 1.37. The molecule has 1 rings (SSSR count). The molecule has 0 spiro atoms. The summed E-state index contributed by atoms with van der Waals surface area (Å²) in [4.78, 5) is 28.7. The monoisotopic (exact) mass is 282 g/mol. The van der Waals surface area contributed by atoms with Gasteiger partial charge in [0, 0.05) is 12.7 Å². The Hall–Kier alpha value is -1.56. The van der Waals surface area contributed by atoms with Crippen molar-refractivity contribution in [2.24, 2.45) is 5.92 Å². The van der Waals surface area contributed by atoms with Gasteiger partial charge in [0.25, 0.3) is 5.91 Å². The van der Waals surface area contributed by atoms with E-state index in [4.69, 9.17) is 5.11 Å². The average molecular weight is 282 g/mol. The summed E-state index contributed by atoms with van der Waals surface area (Å²) in [6.45, 7) is 4.01. The second-order valence-electron chi connectivity index (χ2n) is 4.53. The van der Waals surface area contributed by atoms with Crippen LogP contribution in [0.3, 0.4) is 0 Å². The second-order valence-corrected chi connectivity index (χ2v) is 5.33. The van der Waals surface area contributed by atoms with Crippen LogP contribution in [0.1, 0.15) is 24.2 Å². The number of carbonyl (C=O) groups is 2. The number of carbonyl (C=O) groups excluding carboxylic acids is 1. The van der Waals surface area contributed by atoms with Crippen molar-refractivity contribution in [3.8, 4) is 0 Å². The third kappa shape index (κ3) is 4.55. The first-order valence-corrected chi connectivity index (χ1v) is 7.18. The van der Waals surface area contributed by atoms with E-state index in [1.807, 2.05) is 20.1 Å². The Morgan fingerprint density at radius 2 is 2.16 bits per heavy atom. The van der Waals surface area contributed by atoms with E-state index in [-0.39, 0.29) is 18.4 Å². The molecule has 5 nitrogen and oxygen atoms in total. The van der Waals surface area contributed by atoms with Crippen LogP contribution in [0, 0.1) is 5.92 Å². The molecule has 0 aliphatic carbocycles. The van der Waals surface area contributed by atoms with Gasteiger partial charge in [0.05, 0.1) is 5.56 Å². The van der Waals surface area contributed by atoms with Crippen molar-refractivity contribution >= 4 is 23.6 Å². The fourth-order valence-corrected chi connectivity index (χ4v) is 2.25. The summed E-state index contributed by atoms with van der Waals surface area (Å²) in [5, 5.41) is 9.52. The maximum atomic E-state index is 12.4. The van der Waals surface area contributed by atoms with Crippen LogP contribution in [0.5, 0.6) is 0 Å². The largest absolute Gasteiger partial charge is 0.480 e. The van der Waals surface area contributed by atoms with Crippen molar-refractivity contribution in [2.75, 3.05) is 19.3 Å². The van der Waals surface area contributed by atoms with E-state index in [1.54, 1.807) is 18.3 Å². The first-order valence-electron chi connectivity index (χ1n) is 5.95. The van der Waals surface area contributed by atoms with E-state index in [1.165, 1.54) is 16.7 Å². The molecule has 1 aromatic rings. The quantitative estimate of drug-likeness (QED) is 0.808. The van der Waals surface area contributed by atoms with E-state index < -0.39 is 5.97 Å². The highest BCUT2D eigenvalue weighted by Crippen LogP contribution is 2.19. The van der Waals surface area contributed by atoms with Gasteiger partial charge in [-0.05, 0) is 24.3 Å². The smallest absolute Gasteiger partial charge is 0.323 e. The molecule has 0 aliphatic rings. The van der Waals surface area contributed by atoms with Crippen molar-refractivity contribution in [1.82, 2.24) is 9.88 Å². The average Bonchev–Trinajstić information content (AvgIpc) is 2.36. The molecule has 0 atom stereocenters. The minimum atomic E-state index is -1.01. The molecule has 0 bridgehead atoms. The summed E-state index contributed by atoms with van der Waals surface area (Å²) in [5.74, 6) is -1.09. The fraction of sp³-hybridized carbons (Fsp3) is 0.462. The molecule has 1 heterocycles. The highest BCUT2D eigenvalue weighted by molar-refractivity contribution is 7.98. The maximum Gasteiger partial charge on any atom is 0.323 e. The molecule has 0 saturated carbocycles. The zero-order chi connectivity index (χ0) is 14.4. The third-order valence-corrected chi connectivity index (χ3v) is 3.11. The highest BCUT2D eigenvalue weighted by atomic mass is 32.2. The van der Waals surface area contributed by atoms with Gasteiger partial charge in [0.1, 0.15) is 11.6 Å². The van der Waals surface area contributed by atoms with E-state index in [0.717, 1.165) is 0 Å². The molecule has 0 aromatic carbocycles. The number of rotatable bonds is 6. The van der Waals surface area contributed by atoms with Crippen LogP contribution < -0.4 is 0 Å². The standard InChI is InChI=1S/C13H18N2O3S/c1-9(2)7-15(8-11(16)17)13(18)10-5-4-6-14-12(10)19-3/h4-6,9H,7-8H2,1-3H3,(H,16,17). The number of nitrogens with zero attached hydrogens (tertiary/aromatic N) is 2. The van der Waals surface area contributed by atoms with Crippen LogP contribution in [-0.4, -0.2) is 46.2 Å². The van der Waals surface area contributed by atoms with Crippen LogP contribution in [0.2, 0.25) is 0 Å². The third-order valence-electron chi connectivity index (χ3n) is 2.39. The Bertz CT molecular complexity index is 463. The van der Waals surface area contributed by atoms with Gasteiger partial charge in [-0.3, -0.25) is 9.59 Å². The Balaban J connectivity index is 3.00. The van der Waals surface area contributed by atoms with Crippen molar-refractivity contribution < 1.29 is 14.7 Å². The number of thioether (sulfide) groups is 1. The molecule has 6 heteroatoms. The first-order chi connectivity index (χ1) is 8.95. The minimum Gasteiger partial charge on any atom is -0.480 e. The van der Waals surface area contributed by atoms with Crippen LogP contribution >= 0.6 is 11.8 Å². The van der Waals surface area contributed by atoms with Crippen molar-refractivity contribution in [3.05, 3.63) is 23.9 Å². The maximum absolute atomic E-state index is 12.4. The molecule has 0 saturated heterocycles. The molecular formula is C13H18N2O3S. The number of carboxylic acids is 1. The number of aliphatic carboxylic acids is 1. The van der Waals surface area contributed by atoms with Gasteiger partial charge in [0.15, 0.2) is 0 Å². The van der Waals surface area contributed by atoms with E-state index in [9.17, 15) is 9.59 Å². The van der Waals surface area contributed by atoms with Gasteiger partial charge in [0.2, 0.25) is 0 Å². The number of pyridine rings is 1. The fourth-order valence-electron chi connectivity index (χ4n) is 1.71. The summed E-state index contributed by atoms with van der Waals surface area (Å²) < 4.78 is 0. The van der Waals surface area contributed by atoms with Gasteiger partial charge >= 0.3 is 5.97 Å². The Kier molecular flexibility index (Phi) is 5.82. The van der Waals surface area contributed by atoms with Crippen molar-refractivity contribution in [1.29, 1.82) is 0 Å². The van der Waals surface area contributed by atoms with Gasteiger partial charge in [-0.2, -0.15) is 0 Å². The van der Waals surface area contributed by atoms with Crippen LogP contribution in [0.15, 0.2) is 23.4 Å². The molecule has 0 aliphatic heterocycles. The normalized spacial score (nSPS) is 10.5. The minimum absolute atomic E-state index is 0.206. The molecule has 0 radical (unpaired) electrons. The number of carboxylic acid groups (broad SMARTS) is 1. The summed E-state index contributed by atoms with van der Waals surface area (Å²) in [6, 6.07) is 3.36. The van der Waals surface area contributed by atoms with E-state index in [2.05, 4.69) is 4.98 Å². The topological polar surface area (TPSA) is 70.5 Å².